The number of hydrogen-bond acceptors (Lipinski definition) is 4. The number of aryl methyl sites for hydroxylation is 1. The molecule has 0 aromatic carbocycles. The van der Waals surface area contributed by atoms with Crippen molar-refractivity contribution < 1.29 is 13.5 Å². The van der Waals surface area contributed by atoms with Crippen LogP contribution in [0.4, 0.5) is 0 Å². The average Bonchev–Trinajstić information content (AvgIpc) is 2.61. The lowest BCUT2D eigenvalue weighted by atomic mass is 10.3. The van der Waals surface area contributed by atoms with E-state index in [0.29, 0.717) is 12.1 Å². The first-order valence-corrected chi connectivity index (χ1v) is 6.44. The van der Waals surface area contributed by atoms with Crippen LogP contribution < -0.4 is 0 Å². The van der Waals surface area contributed by atoms with Gasteiger partial charge >= 0.3 is 0 Å². The van der Waals surface area contributed by atoms with Gasteiger partial charge in [0.05, 0.1) is 18.0 Å². The zero-order valence-electron chi connectivity index (χ0n) is 9.64. The summed E-state index contributed by atoms with van der Waals surface area (Å²) in [4.78, 5) is 0.181. The Balaban J connectivity index is 2.83. The van der Waals surface area contributed by atoms with Crippen molar-refractivity contribution in [1.82, 2.24) is 14.5 Å². The van der Waals surface area contributed by atoms with Crippen molar-refractivity contribution in [3.8, 4) is 0 Å². The van der Waals surface area contributed by atoms with E-state index in [1.807, 2.05) is 0 Å². The van der Waals surface area contributed by atoms with Gasteiger partial charge in [-0.25, -0.2) is 12.7 Å². The minimum atomic E-state index is -3.49. The molecular weight excluding hydrogens is 230 g/mol. The number of H-pyrrole nitrogens is 1. The number of rotatable bonds is 5. The Labute approximate surface area is 95.3 Å². The molecule has 0 radical (unpaired) electrons. The SMILES string of the molecule is Cc1[nH]ncc1S(=O)(=O)N(C)CCC(C)O. The molecule has 7 heteroatoms. The van der Waals surface area contributed by atoms with E-state index in [9.17, 15) is 8.42 Å². The van der Waals surface area contributed by atoms with Gasteiger partial charge in [-0.3, -0.25) is 5.10 Å². The Kier molecular flexibility index (Phi) is 4.06. The Morgan fingerprint density at radius 2 is 2.25 bits per heavy atom. The molecule has 1 aromatic rings. The fourth-order valence-corrected chi connectivity index (χ4v) is 2.56. The van der Waals surface area contributed by atoms with E-state index in [1.54, 1.807) is 13.8 Å². The summed E-state index contributed by atoms with van der Waals surface area (Å²) in [7, 11) is -2.00. The highest BCUT2D eigenvalue weighted by atomic mass is 32.2. The molecule has 1 aromatic heterocycles. The molecule has 0 aliphatic carbocycles. The van der Waals surface area contributed by atoms with Crippen molar-refractivity contribution in [3.63, 3.8) is 0 Å². The first-order valence-electron chi connectivity index (χ1n) is 5.00. The maximum atomic E-state index is 12.0. The highest BCUT2D eigenvalue weighted by molar-refractivity contribution is 7.89. The zero-order chi connectivity index (χ0) is 12.3. The molecule has 6 nitrogen and oxygen atoms in total. The lowest BCUT2D eigenvalue weighted by Gasteiger charge is -2.17. The Morgan fingerprint density at radius 1 is 1.62 bits per heavy atom. The second-order valence-electron chi connectivity index (χ2n) is 3.82. The van der Waals surface area contributed by atoms with Crippen LogP contribution in [0.3, 0.4) is 0 Å². The van der Waals surface area contributed by atoms with Gasteiger partial charge in [0.25, 0.3) is 0 Å². The van der Waals surface area contributed by atoms with Crippen molar-refractivity contribution in [1.29, 1.82) is 0 Å². The van der Waals surface area contributed by atoms with E-state index in [1.165, 1.54) is 17.5 Å². The summed E-state index contributed by atoms with van der Waals surface area (Å²) in [6, 6.07) is 0. The summed E-state index contributed by atoms with van der Waals surface area (Å²) in [5.41, 5.74) is 0.517. The van der Waals surface area contributed by atoms with Crippen molar-refractivity contribution in [3.05, 3.63) is 11.9 Å². The van der Waals surface area contributed by atoms with Gasteiger partial charge in [-0.1, -0.05) is 0 Å². The van der Waals surface area contributed by atoms with Gasteiger partial charge in [0.1, 0.15) is 4.90 Å². The minimum Gasteiger partial charge on any atom is -0.393 e. The van der Waals surface area contributed by atoms with E-state index in [4.69, 9.17) is 5.11 Å². The summed E-state index contributed by atoms with van der Waals surface area (Å²) >= 11 is 0. The highest BCUT2D eigenvalue weighted by Crippen LogP contribution is 2.16. The van der Waals surface area contributed by atoms with E-state index in [0.717, 1.165) is 0 Å². The zero-order valence-corrected chi connectivity index (χ0v) is 10.5. The first kappa shape index (κ1) is 13.1. The molecule has 1 rings (SSSR count). The fraction of sp³-hybridized carbons (Fsp3) is 0.667. The molecular formula is C9H17N3O3S. The van der Waals surface area contributed by atoms with Crippen LogP contribution in [-0.4, -0.2) is 47.7 Å². The molecule has 1 unspecified atom stereocenters. The Hall–Kier alpha value is -0.920. The smallest absolute Gasteiger partial charge is 0.246 e. The number of aromatic nitrogens is 2. The van der Waals surface area contributed by atoms with Gasteiger partial charge in [0, 0.05) is 13.6 Å². The molecule has 0 saturated heterocycles. The summed E-state index contributed by atoms with van der Waals surface area (Å²) in [5.74, 6) is 0. The van der Waals surface area contributed by atoms with Crippen molar-refractivity contribution >= 4 is 10.0 Å². The maximum Gasteiger partial charge on any atom is 0.246 e. The van der Waals surface area contributed by atoms with E-state index >= 15 is 0 Å². The van der Waals surface area contributed by atoms with Crippen LogP contribution in [0.15, 0.2) is 11.1 Å². The summed E-state index contributed by atoms with van der Waals surface area (Å²) in [6.45, 7) is 3.57. The second-order valence-corrected chi connectivity index (χ2v) is 5.84. The van der Waals surface area contributed by atoms with Gasteiger partial charge < -0.3 is 5.11 Å². The van der Waals surface area contributed by atoms with Crippen LogP contribution in [-0.2, 0) is 10.0 Å². The molecule has 2 N–H and O–H groups in total. The van der Waals surface area contributed by atoms with Crippen LogP contribution in [0.25, 0.3) is 0 Å². The van der Waals surface area contributed by atoms with Gasteiger partial charge in [-0.2, -0.15) is 5.10 Å². The second kappa shape index (κ2) is 4.94. The van der Waals surface area contributed by atoms with Crippen LogP contribution in [0.5, 0.6) is 0 Å². The minimum absolute atomic E-state index is 0.181. The third kappa shape index (κ3) is 2.81. The van der Waals surface area contributed by atoms with Crippen LogP contribution in [0.1, 0.15) is 19.0 Å². The van der Waals surface area contributed by atoms with Gasteiger partial charge in [-0.15, -0.1) is 0 Å². The molecule has 0 fully saturated rings. The first-order chi connectivity index (χ1) is 7.35. The molecule has 1 heterocycles. The van der Waals surface area contributed by atoms with E-state index in [-0.39, 0.29) is 11.4 Å². The summed E-state index contributed by atoms with van der Waals surface area (Å²) in [6.07, 6.45) is 1.19. The normalized spacial score (nSPS) is 14.3. The van der Waals surface area contributed by atoms with Crippen LogP contribution in [0.2, 0.25) is 0 Å². The summed E-state index contributed by atoms with van der Waals surface area (Å²) in [5, 5.41) is 15.4. The van der Waals surface area contributed by atoms with Crippen LogP contribution >= 0.6 is 0 Å². The average molecular weight is 247 g/mol. The number of nitrogens with one attached hydrogen (secondary N) is 1. The van der Waals surface area contributed by atoms with Crippen molar-refractivity contribution in [2.75, 3.05) is 13.6 Å². The monoisotopic (exact) mass is 247 g/mol. The molecule has 0 spiro atoms. The molecule has 92 valence electrons. The van der Waals surface area contributed by atoms with Crippen molar-refractivity contribution in [2.45, 2.75) is 31.3 Å². The number of hydrogen-bond donors (Lipinski definition) is 2. The molecule has 16 heavy (non-hydrogen) atoms. The molecule has 0 bridgehead atoms. The predicted octanol–water partition coefficient (Wildman–Crippen LogP) is 0.110. The molecule has 0 aliphatic rings. The number of aromatic amines is 1. The fourth-order valence-electron chi connectivity index (χ4n) is 1.26. The van der Waals surface area contributed by atoms with E-state index in [2.05, 4.69) is 10.2 Å². The Bertz CT molecular complexity index is 439. The third-order valence-electron chi connectivity index (χ3n) is 2.33. The predicted molar refractivity (Wildman–Crippen MR) is 59.4 cm³/mol. The quantitative estimate of drug-likeness (QED) is 0.773. The Morgan fingerprint density at radius 3 is 2.69 bits per heavy atom. The van der Waals surface area contributed by atoms with Crippen molar-refractivity contribution in [2.24, 2.45) is 0 Å². The van der Waals surface area contributed by atoms with Gasteiger partial charge in [0.15, 0.2) is 0 Å². The lowest BCUT2D eigenvalue weighted by molar-refractivity contribution is 0.177. The molecule has 0 amide bonds. The maximum absolute atomic E-state index is 12.0. The lowest BCUT2D eigenvalue weighted by Crippen LogP contribution is -2.29. The number of sulfonamides is 1. The topological polar surface area (TPSA) is 86.3 Å². The van der Waals surface area contributed by atoms with E-state index < -0.39 is 16.1 Å². The largest absolute Gasteiger partial charge is 0.393 e. The number of aliphatic hydroxyl groups is 1. The van der Waals surface area contributed by atoms with Gasteiger partial charge in [-0.05, 0) is 20.3 Å². The third-order valence-corrected chi connectivity index (χ3v) is 4.30. The molecule has 0 aliphatic heterocycles. The highest BCUT2D eigenvalue weighted by Gasteiger charge is 2.23. The van der Waals surface area contributed by atoms with Gasteiger partial charge in [0.2, 0.25) is 10.0 Å². The number of nitrogens with zero attached hydrogens (tertiary/aromatic N) is 2. The molecule has 1 atom stereocenters. The molecule has 0 saturated carbocycles. The number of aliphatic hydroxyl groups excluding tert-OH is 1. The standard InChI is InChI=1S/C9H17N3O3S/c1-7(13)4-5-12(3)16(14,15)9-6-10-11-8(9)2/h6-7,13H,4-5H2,1-3H3,(H,10,11). The van der Waals surface area contributed by atoms with Crippen LogP contribution in [0, 0.1) is 6.92 Å². The summed E-state index contributed by atoms with van der Waals surface area (Å²) < 4.78 is 25.2.